The Balaban J connectivity index is 1.44. The average Bonchev–Trinajstić information content (AvgIpc) is 3.23. The van der Waals surface area contributed by atoms with Crippen LogP contribution in [0.15, 0.2) is 43.0 Å². The Kier molecular flexibility index (Phi) is 5.87. The van der Waals surface area contributed by atoms with Gasteiger partial charge in [-0.1, -0.05) is 13.8 Å². The lowest BCUT2D eigenvalue weighted by molar-refractivity contribution is 0.111. The van der Waals surface area contributed by atoms with E-state index in [0.29, 0.717) is 37.2 Å². The number of aromatic nitrogens is 5. The van der Waals surface area contributed by atoms with Crippen LogP contribution in [-0.2, 0) is 0 Å². The summed E-state index contributed by atoms with van der Waals surface area (Å²) in [5.41, 5.74) is 2.14. The van der Waals surface area contributed by atoms with E-state index < -0.39 is 0 Å². The smallest absolute Gasteiger partial charge is 0.218 e. The predicted molar refractivity (Wildman–Crippen MR) is 113 cm³/mol. The maximum Gasteiger partial charge on any atom is 0.218 e. The fourth-order valence-electron chi connectivity index (χ4n) is 3.30. The summed E-state index contributed by atoms with van der Waals surface area (Å²) in [6.45, 7) is 7.75. The molecule has 0 N–H and O–H groups in total. The highest BCUT2D eigenvalue weighted by Crippen LogP contribution is 2.20. The van der Waals surface area contributed by atoms with E-state index in [9.17, 15) is 4.79 Å². The lowest BCUT2D eigenvalue weighted by Crippen LogP contribution is -2.52. The van der Waals surface area contributed by atoms with E-state index in [4.69, 9.17) is 4.74 Å². The van der Waals surface area contributed by atoms with Crippen molar-refractivity contribution in [3.63, 3.8) is 0 Å². The SMILES string of the molecule is CC(C)COc1cc(N2CCN(n3nc(-c4cccnc4)cc3C=O)CC2)ncn1. The number of aldehydes is 1. The van der Waals surface area contributed by atoms with Crippen molar-refractivity contribution in [1.82, 2.24) is 24.8 Å². The molecule has 30 heavy (non-hydrogen) atoms. The van der Waals surface area contributed by atoms with Gasteiger partial charge in [0.1, 0.15) is 17.8 Å². The van der Waals surface area contributed by atoms with Gasteiger partial charge < -0.3 is 9.64 Å². The molecule has 9 nitrogen and oxygen atoms in total. The minimum atomic E-state index is 0.435. The fraction of sp³-hybridized carbons (Fsp3) is 0.381. The number of ether oxygens (including phenoxy) is 1. The molecule has 4 rings (SSSR count). The summed E-state index contributed by atoms with van der Waals surface area (Å²) in [7, 11) is 0. The summed E-state index contributed by atoms with van der Waals surface area (Å²) in [5, 5.41) is 6.70. The molecule has 1 aliphatic rings. The van der Waals surface area contributed by atoms with E-state index in [1.807, 2.05) is 18.2 Å². The minimum absolute atomic E-state index is 0.435. The first-order chi connectivity index (χ1) is 14.6. The highest BCUT2D eigenvalue weighted by molar-refractivity contribution is 5.76. The second-order valence-corrected chi connectivity index (χ2v) is 7.56. The van der Waals surface area contributed by atoms with Crippen LogP contribution in [-0.4, -0.2) is 63.9 Å². The molecule has 0 amide bonds. The van der Waals surface area contributed by atoms with Crippen LogP contribution in [0.25, 0.3) is 11.3 Å². The monoisotopic (exact) mass is 407 g/mol. The topological polar surface area (TPSA) is 89.3 Å². The van der Waals surface area contributed by atoms with Crippen LogP contribution < -0.4 is 14.6 Å². The number of hydrogen-bond acceptors (Lipinski definition) is 8. The molecule has 0 saturated carbocycles. The zero-order chi connectivity index (χ0) is 20.9. The third-order valence-electron chi connectivity index (χ3n) is 4.84. The van der Waals surface area contributed by atoms with Crippen molar-refractivity contribution >= 4 is 12.1 Å². The molecule has 0 bridgehead atoms. The molecule has 1 fully saturated rings. The van der Waals surface area contributed by atoms with Crippen LogP contribution in [0.1, 0.15) is 24.3 Å². The molecule has 0 atom stereocenters. The second kappa shape index (κ2) is 8.89. The van der Waals surface area contributed by atoms with Gasteiger partial charge in [-0.2, -0.15) is 9.89 Å². The molecule has 1 saturated heterocycles. The average molecular weight is 407 g/mol. The molecule has 0 aromatic carbocycles. The van der Waals surface area contributed by atoms with Crippen LogP contribution in [0.3, 0.4) is 0 Å². The number of hydrogen-bond donors (Lipinski definition) is 0. The van der Waals surface area contributed by atoms with Crippen molar-refractivity contribution in [2.75, 3.05) is 42.7 Å². The Labute approximate surface area is 175 Å². The van der Waals surface area contributed by atoms with Crippen LogP contribution >= 0.6 is 0 Å². The molecule has 0 radical (unpaired) electrons. The maximum atomic E-state index is 11.6. The number of rotatable bonds is 7. The number of carbonyl (C=O) groups is 1. The van der Waals surface area contributed by atoms with Gasteiger partial charge in [0.25, 0.3) is 0 Å². The molecular weight excluding hydrogens is 382 g/mol. The Morgan fingerprint density at radius 2 is 2.00 bits per heavy atom. The van der Waals surface area contributed by atoms with Crippen LogP contribution in [0.5, 0.6) is 5.88 Å². The van der Waals surface area contributed by atoms with Crippen molar-refractivity contribution in [1.29, 1.82) is 0 Å². The number of carbonyl (C=O) groups excluding carboxylic acids is 1. The zero-order valence-corrected chi connectivity index (χ0v) is 17.2. The number of piperazine rings is 1. The summed E-state index contributed by atoms with van der Waals surface area (Å²) in [6.07, 6.45) is 5.83. The first-order valence-electron chi connectivity index (χ1n) is 10.0. The summed E-state index contributed by atoms with van der Waals surface area (Å²) in [4.78, 5) is 28.2. The number of anilines is 1. The summed E-state index contributed by atoms with van der Waals surface area (Å²) in [6, 6.07) is 7.46. The third-order valence-corrected chi connectivity index (χ3v) is 4.84. The van der Waals surface area contributed by atoms with Crippen molar-refractivity contribution in [3.05, 3.63) is 48.7 Å². The van der Waals surface area contributed by atoms with E-state index in [0.717, 1.165) is 36.5 Å². The standard InChI is InChI=1S/C21H25N7O2/c1-16(2)14-30-21-11-20(23-15-24-21)26-6-8-27(9-7-26)28-18(13-29)10-19(25-28)17-4-3-5-22-12-17/h3-5,10-13,15-16H,6-9,14H2,1-2H3. The van der Waals surface area contributed by atoms with E-state index in [1.165, 1.54) is 6.33 Å². The molecule has 0 spiro atoms. The molecule has 3 aromatic heterocycles. The molecular formula is C21H25N7O2. The Bertz CT molecular complexity index is 982. The summed E-state index contributed by atoms with van der Waals surface area (Å²) in [5.74, 6) is 1.87. The summed E-state index contributed by atoms with van der Waals surface area (Å²) >= 11 is 0. The van der Waals surface area contributed by atoms with E-state index in [-0.39, 0.29) is 0 Å². The first-order valence-corrected chi connectivity index (χ1v) is 10.0. The van der Waals surface area contributed by atoms with Gasteiger partial charge >= 0.3 is 0 Å². The van der Waals surface area contributed by atoms with E-state index in [1.54, 1.807) is 23.3 Å². The quantitative estimate of drug-likeness (QED) is 0.550. The largest absolute Gasteiger partial charge is 0.477 e. The van der Waals surface area contributed by atoms with Crippen LogP contribution in [0.4, 0.5) is 5.82 Å². The van der Waals surface area contributed by atoms with E-state index in [2.05, 4.69) is 43.8 Å². The molecule has 4 heterocycles. The maximum absolute atomic E-state index is 11.6. The van der Waals surface area contributed by atoms with Crippen molar-refractivity contribution in [2.45, 2.75) is 13.8 Å². The molecule has 156 valence electrons. The van der Waals surface area contributed by atoms with Gasteiger partial charge in [-0.05, 0) is 24.1 Å². The fourth-order valence-corrected chi connectivity index (χ4v) is 3.30. The number of pyridine rings is 1. The van der Waals surface area contributed by atoms with E-state index >= 15 is 0 Å². The lowest BCUT2D eigenvalue weighted by Gasteiger charge is -2.36. The number of nitrogens with zero attached hydrogens (tertiary/aromatic N) is 7. The normalized spacial score (nSPS) is 14.2. The molecule has 1 aliphatic heterocycles. The second-order valence-electron chi connectivity index (χ2n) is 7.56. The Hall–Kier alpha value is -3.49. The molecule has 3 aromatic rings. The molecule has 9 heteroatoms. The van der Waals surface area contributed by atoms with Gasteiger partial charge in [0, 0.05) is 37.1 Å². The highest BCUT2D eigenvalue weighted by atomic mass is 16.5. The highest BCUT2D eigenvalue weighted by Gasteiger charge is 2.22. The van der Waals surface area contributed by atoms with Gasteiger partial charge in [-0.25, -0.2) is 9.97 Å². The Morgan fingerprint density at radius 3 is 2.70 bits per heavy atom. The van der Waals surface area contributed by atoms with Crippen molar-refractivity contribution in [2.24, 2.45) is 5.92 Å². The van der Waals surface area contributed by atoms with Gasteiger partial charge in [0.15, 0.2) is 6.29 Å². The van der Waals surface area contributed by atoms with Gasteiger partial charge in [0.2, 0.25) is 5.88 Å². The zero-order valence-electron chi connectivity index (χ0n) is 17.2. The lowest BCUT2D eigenvalue weighted by atomic mass is 10.2. The van der Waals surface area contributed by atoms with Gasteiger partial charge in [0.05, 0.1) is 25.4 Å². The Morgan fingerprint density at radius 1 is 1.17 bits per heavy atom. The van der Waals surface area contributed by atoms with Crippen LogP contribution in [0.2, 0.25) is 0 Å². The van der Waals surface area contributed by atoms with Crippen molar-refractivity contribution < 1.29 is 9.53 Å². The molecule has 0 unspecified atom stereocenters. The van der Waals surface area contributed by atoms with Crippen LogP contribution in [0, 0.1) is 5.92 Å². The predicted octanol–water partition coefficient (Wildman–Crippen LogP) is 2.04. The molecule has 0 aliphatic carbocycles. The van der Waals surface area contributed by atoms with Gasteiger partial charge in [-0.3, -0.25) is 14.8 Å². The minimum Gasteiger partial charge on any atom is -0.477 e. The van der Waals surface area contributed by atoms with Gasteiger partial charge in [-0.15, -0.1) is 0 Å². The first kappa shape index (κ1) is 19.8. The third kappa shape index (κ3) is 4.40. The summed E-state index contributed by atoms with van der Waals surface area (Å²) < 4.78 is 5.72. The van der Waals surface area contributed by atoms with Crippen molar-refractivity contribution in [3.8, 4) is 17.1 Å².